The van der Waals surface area contributed by atoms with Crippen molar-refractivity contribution < 1.29 is 33.4 Å². The summed E-state index contributed by atoms with van der Waals surface area (Å²) >= 11 is 0. The number of benzene rings is 1. The molecule has 8 heteroatoms. The number of amides is 1. The van der Waals surface area contributed by atoms with Crippen molar-refractivity contribution in [3.8, 4) is 0 Å². The van der Waals surface area contributed by atoms with E-state index in [4.69, 9.17) is 9.84 Å². The third-order valence-electron chi connectivity index (χ3n) is 2.16. The molecular weight excluding hydrogens is 273 g/mol. The number of methoxy groups -OCH3 is 1. The highest BCUT2D eigenvalue weighted by atomic mass is 19.2. The van der Waals surface area contributed by atoms with Crippen LogP contribution in [0.15, 0.2) is 30.3 Å². The Hall–Kier alpha value is -2.19. The topological polar surface area (TPSA) is 94.1 Å². The number of hydrogen-bond acceptors (Lipinski definition) is 5. The molecule has 110 valence electrons. The minimum absolute atomic E-state index is 0.0628. The Morgan fingerprint density at radius 2 is 2.00 bits per heavy atom. The first-order valence-electron chi connectivity index (χ1n) is 5.54. The lowest BCUT2D eigenvalue weighted by Gasteiger charge is -2.19. The van der Waals surface area contributed by atoms with Crippen LogP contribution in [0.3, 0.4) is 0 Å². The predicted octanol–water partition coefficient (Wildman–Crippen LogP) is 1.24. The first-order chi connectivity index (χ1) is 9.48. The molecule has 2 N–H and O–H groups in total. The summed E-state index contributed by atoms with van der Waals surface area (Å²) in [6, 6.07) is 8.73. The van der Waals surface area contributed by atoms with Crippen LogP contribution in [0.25, 0.3) is 0 Å². The molecule has 0 aliphatic heterocycles. The second kappa shape index (κ2) is 7.41. The summed E-state index contributed by atoms with van der Waals surface area (Å²) in [5.41, 5.74) is 2.27. The van der Waals surface area contributed by atoms with E-state index in [1.54, 1.807) is 35.8 Å². The van der Waals surface area contributed by atoms with Gasteiger partial charge >= 0.3 is 17.9 Å². The lowest BCUT2D eigenvalue weighted by Crippen LogP contribution is -2.46. The summed E-state index contributed by atoms with van der Waals surface area (Å²) in [4.78, 5) is 26.0. The highest BCUT2D eigenvalue weighted by Gasteiger charge is 2.42. The Bertz CT molecular complexity index is 455. The van der Waals surface area contributed by atoms with Crippen LogP contribution in [0.5, 0.6) is 0 Å². The summed E-state index contributed by atoms with van der Waals surface area (Å²) in [6.45, 7) is -0.950. The molecule has 1 aromatic rings. The van der Waals surface area contributed by atoms with Gasteiger partial charge in [-0.2, -0.15) is 9.87 Å². The standard InChI is InChI=1S/C12H14FNO6/c1-18-8-12(13,10(15)16)20-14-11(17)19-7-9-5-3-2-4-6-9/h2-6H,7-8H2,1H3,(H,14,17)(H,15,16)/t12-/m1/s1. The maximum Gasteiger partial charge on any atom is 0.431 e. The zero-order valence-electron chi connectivity index (χ0n) is 10.7. The summed E-state index contributed by atoms with van der Waals surface area (Å²) in [7, 11) is 1.09. The largest absolute Gasteiger partial charge is 0.477 e. The molecule has 0 saturated carbocycles. The summed E-state index contributed by atoms with van der Waals surface area (Å²) in [5, 5.41) is 8.61. The van der Waals surface area contributed by atoms with Crippen LogP contribution < -0.4 is 5.48 Å². The number of ether oxygens (including phenoxy) is 2. The highest BCUT2D eigenvalue weighted by molar-refractivity contribution is 5.76. The van der Waals surface area contributed by atoms with Crippen LogP contribution in [-0.4, -0.2) is 36.7 Å². The van der Waals surface area contributed by atoms with Crippen molar-refractivity contribution in [3.05, 3.63) is 35.9 Å². The van der Waals surface area contributed by atoms with Gasteiger partial charge in [-0.1, -0.05) is 30.3 Å². The minimum atomic E-state index is -3.18. The van der Waals surface area contributed by atoms with Crippen LogP contribution >= 0.6 is 0 Å². The molecule has 1 atom stereocenters. The Labute approximate surface area is 114 Å². The number of carboxylic acids is 1. The van der Waals surface area contributed by atoms with Crippen LogP contribution in [0.4, 0.5) is 9.18 Å². The van der Waals surface area contributed by atoms with Gasteiger partial charge < -0.3 is 14.6 Å². The molecule has 1 rings (SSSR count). The number of carbonyl (C=O) groups is 2. The second-order valence-electron chi connectivity index (χ2n) is 3.73. The number of carboxylic acid groups (broad SMARTS) is 1. The fraction of sp³-hybridized carbons (Fsp3) is 0.333. The number of aliphatic carboxylic acids is 1. The number of halogens is 1. The third-order valence-corrected chi connectivity index (χ3v) is 2.16. The average Bonchev–Trinajstić information content (AvgIpc) is 2.44. The molecule has 0 heterocycles. The van der Waals surface area contributed by atoms with Crippen molar-refractivity contribution in [1.29, 1.82) is 0 Å². The molecule has 0 spiro atoms. The lowest BCUT2D eigenvalue weighted by atomic mass is 10.2. The molecule has 1 aromatic carbocycles. The van der Waals surface area contributed by atoms with Crippen molar-refractivity contribution in [2.24, 2.45) is 0 Å². The van der Waals surface area contributed by atoms with E-state index in [9.17, 15) is 14.0 Å². The molecule has 0 aliphatic carbocycles. The molecule has 20 heavy (non-hydrogen) atoms. The quantitative estimate of drug-likeness (QED) is 0.733. The number of carbonyl (C=O) groups excluding carboxylic acids is 1. The van der Waals surface area contributed by atoms with Gasteiger partial charge in [0.05, 0.1) is 0 Å². The van der Waals surface area contributed by atoms with Gasteiger partial charge in [0.15, 0.2) is 0 Å². The number of hydrogen-bond donors (Lipinski definition) is 2. The van der Waals surface area contributed by atoms with Crippen molar-refractivity contribution in [1.82, 2.24) is 5.48 Å². The number of alkyl halides is 1. The van der Waals surface area contributed by atoms with E-state index in [1.807, 2.05) is 0 Å². The molecule has 0 radical (unpaired) electrons. The van der Waals surface area contributed by atoms with Gasteiger partial charge in [-0.25, -0.2) is 14.4 Å². The van der Waals surface area contributed by atoms with Crippen LogP contribution in [0.2, 0.25) is 0 Å². The molecule has 0 fully saturated rings. The van der Waals surface area contributed by atoms with Crippen LogP contribution in [0, 0.1) is 0 Å². The Balaban J connectivity index is 2.40. The van der Waals surface area contributed by atoms with Crippen molar-refractivity contribution >= 4 is 12.1 Å². The zero-order chi connectivity index (χ0) is 15.0. The minimum Gasteiger partial charge on any atom is -0.477 e. The Morgan fingerprint density at radius 3 is 2.55 bits per heavy atom. The third kappa shape index (κ3) is 4.82. The molecule has 0 aliphatic rings. The number of rotatable bonds is 7. The molecule has 0 saturated heterocycles. The molecule has 0 aromatic heterocycles. The smallest absolute Gasteiger partial charge is 0.431 e. The maximum absolute atomic E-state index is 13.6. The summed E-state index contributed by atoms with van der Waals surface area (Å²) in [5.74, 6) is -5.11. The van der Waals surface area contributed by atoms with E-state index in [1.165, 1.54) is 0 Å². The number of hydroxylamine groups is 1. The van der Waals surface area contributed by atoms with Crippen LogP contribution in [0.1, 0.15) is 5.56 Å². The van der Waals surface area contributed by atoms with Crippen molar-refractivity contribution in [2.45, 2.75) is 12.5 Å². The normalized spacial score (nSPS) is 13.3. The SMILES string of the molecule is COC[C@@](F)(ONC(=O)OCc1ccccc1)C(=O)O. The van der Waals surface area contributed by atoms with Gasteiger partial charge in [0.1, 0.15) is 13.2 Å². The van der Waals surface area contributed by atoms with E-state index < -0.39 is 24.5 Å². The van der Waals surface area contributed by atoms with Crippen molar-refractivity contribution in [3.63, 3.8) is 0 Å². The first kappa shape index (κ1) is 15.9. The van der Waals surface area contributed by atoms with Crippen LogP contribution in [-0.2, 0) is 25.7 Å². The first-order valence-corrected chi connectivity index (χ1v) is 5.54. The van der Waals surface area contributed by atoms with E-state index in [0.29, 0.717) is 5.56 Å². The fourth-order valence-electron chi connectivity index (χ4n) is 1.20. The number of nitrogens with one attached hydrogen (secondary N) is 1. The van der Waals surface area contributed by atoms with Gasteiger partial charge in [-0.05, 0) is 5.56 Å². The fourth-order valence-corrected chi connectivity index (χ4v) is 1.20. The van der Waals surface area contributed by atoms with Gasteiger partial charge in [-0.3, -0.25) is 0 Å². The Kier molecular flexibility index (Phi) is 5.88. The monoisotopic (exact) mass is 287 g/mol. The molecule has 0 bridgehead atoms. The Morgan fingerprint density at radius 1 is 1.35 bits per heavy atom. The van der Waals surface area contributed by atoms with Gasteiger partial charge in [-0.15, -0.1) is 0 Å². The molecule has 7 nitrogen and oxygen atoms in total. The van der Waals surface area contributed by atoms with E-state index >= 15 is 0 Å². The van der Waals surface area contributed by atoms with Gasteiger partial charge in [0.25, 0.3) is 0 Å². The van der Waals surface area contributed by atoms with Crippen molar-refractivity contribution in [2.75, 3.05) is 13.7 Å². The lowest BCUT2D eigenvalue weighted by molar-refractivity contribution is -0.223. The highest BCUT2D eigenvalue weighted by Crippen LogP contribution is 2.12. The molecule has 1 amide bonds. The second-order valence-corrected chi connectivity index (χ2v) is 3.73. The zero-order valence-corrected chi connectivity index (χ0v) is 10.7. The van der Waals surface area contributed by atoms with E-state index in [2.05, 4.69) is 9.57 Å². The predicted molar refractivity (Wildman–Crippen MR) is 64.2 cm³/mol. The summed E-state index contributed by atoms with van der Waals surface area (Å²) in [6.07, 6.45) is -1.12. The molecular formula is C12H14FNO6. The van der Waals surface area contributed by atoms with Gasteiger partial charge in [0, 0.05) is 7.11 Å². The van der Waals surface area contributed by atoms with E-state index in [-0.39, 0.29) is 6.61 Å². The maximum atomic E-state index is 13.6. The van der Waals surface area contributed by atoms with Gasteiger partial charge in [0.2, 0.25) is 0 Å². The molecule has 0 unspecified atom stereocenters. The van der Waals surface area contributed by atoms with E-state index in [0.717, 1.165) is 7.11 Å². The summed E-state index contributed by atoms with van der Waals surface area (Å²) < 4.78 is 22.7. The average molecular weight is 287 g/mol.